The van der Waals surface area contributed by atoms with Crippen LogP contribution in [0.15, 0.2) is 73.2 Å². The molecule has 3 aromatic heterocycles. The molecule has 0 spiro atoms. The first-order valence-corrected chi connectivity index (χ1v) is 10.8. The number of H-pyrrole nitrogens is 2. The second kappa shape index (κ2) is 7.90. The van der Waals surface area contributed by atoms with Gasteiger partial charge in [-0.05, 0) is 42.3 Å². The highest BCUT2D eigenvalue weighted by molar-refractivity contribution is 5.99. The number of carbonyl (C=O) groups excluding carboxylic acids is 1. The Morgan fingerprint density at radius 1 is 0.970 bits per heavy atom. The van der Waals surface area contributed by atoms with Crippen molar-refractivity contribution in [3.63, 3.8) is 0 Å². The van der Waals surface area contributed by atoms with Gasteiger partial charge in [0.2, 0.25) is 0 Å². The van der Waals surface area contributed by atoms with Gasteiger partial charge in [0, 0.05) is 53.2 Å². The second-order valence-electron chi connectivity index (χ2n) is 8.09. The van der Waals surface area contributed by atoms with Gasteiger partial charge in [0.05, 0.1) is 6.20 Å². The molecule has 1 saturated heterocycles. The van der Waals surface area contributed by atoms with Crippen LogP contribution in [0.5, 0.6) is 0 Å². The molecule has 33 heavy (non-hydrogen) atoms. The van der Waals surface area contributed by atoms with E-state index in [9.17, 15) is 4.79 Å². The lowest BCUT2D eigenvalue weighted by Gasteiger charge is -2.30. The first-order chi connectivity index (χ1) is 16.2. The monoisotopic (exact) mass is 435 g/mol. The molecule has 0 bridgehead atoms. The van der Waals surface area contributed by atoms with Crippen LogP contribution in [-0.2, 0) is 0 Å². The molecule has 5 aromatic rings. The Balaban J connectivity index is 1.23. The number of nitrogens with zero attached hydrogens (tertiary/aromatic N) is 4. The zero-order chi connectivity index (χ0) is 22.2. The van der Waals surface area contributed by atoms with Gasteiger partial charge in [-0.25, -0.2) is 9.97 Å². The fourth-order valence-corrected chi connectivity index (χ4v) is 3.94. The number of benzene rings is 2. The molecular weight excluding hydrogens is 414 g/mol. The normalized spacial score (nSPS) is 13.2. The average molecular weight is 435 g/mol. The zero-order valence-electron chi connectivity index (χ0n) is 17.7. The summed E-state index contributed by atoms with van der Waals surface area (Å²) in [5.41, 5.74) is 5.46. The van der Waals surface area contributed by atoms with Crippen LogP contribution in [0.4, 0.5) is 11.5 Å². The van der Waals surface area contributed by atoms with E-state index in [2.05, 4.69) is 30.5 Å². The van der Waals surface area contributed by atoms with Crippen LogP contribution >= 0.6 is 0 Å². The Bertz CT molecular complexity index is 1430. The molecule has 6 rings (SSSR count). The third-order valence-electron chi connectivity index (χ3n) is 5.90. The molecule has 162 valence electrons. The largest absolute Gasteiger partial charge is 0.351 e. The molecule has 3 N–H and O–H groups in total. The van der Waals surface area contributed by atoms with Gasteiger partial charge in [-0.1, -0.05) is 24.3 Å². The van der Waals surface area contributed by atoms with Gasteiger partial charge in [-0.15, -0.1) is 0 Å². The number of rotatable bonds is 5. The molecule has 4 heterocycles. The van der Waals surface area contributed by atoms with E-state index < -0.39 is 0 Å². The number of hydrogen-bond acceptors (Lipinski definition) is 5. The van der Waals surface area contributed by atoms with Crippen molar-refractivity contribution in [2.24, 2.45) is 0 Å². The van der Waals surface area contributed by atoms with E-state index in [0.29, 0.717) is 17.3 Å². The molecule has 2 aromatic carbocycles. The van der Waals surface area contributed by atoms with E-state index in [4.69, 9.17) is 0 Å². The fraction of sp³-hybridized carbons (Fsp3) is 0.120. The van der Waals surface area contributed by atoms with Crippen molar-refractivity contribution in [2.75, 3.05) is 18.4 Å². The van der Waals surface area contributed by atoms with Crippen LogP contribution < -0.4 is 5.32 Å². The van der Waals surface area contributed by atoms with Crippen molar-refractivity contribution in [2.45, 2.75) is 6.42 Å². The van der Waals surface area contributed by atoms with E-state index in [1.54, 1.807) is 12.4 Å². The second-order valence-corrected chi connectivity index (χ2v) is 8.09. The number of hydrogen-bond donors (Lipinski definition) is 3. The number of aromatic nitrogens is 5. The lowest BCUT2D eigenvalue weighted by Crippen LogP contribution is -2.42. The van der Waals surface area contributed by atoms with Crippen LogP contribution in [-0.4, -0.2) is 49.0 Å². The number of aromatic amines is 2. The fourth-order valence-electron chi connectivity index (χ4n) is 3.94. The van der Waals surface area contributed by atoms with Crippen molar-refractivity contribution < 1.29 is 4.79 Å². The summed E-state index contributed by atoms with van der Waals surface area (Å²) in [6.45, 7) is 1.66. The molecule has 0 saturated carbocycles. The molecule has 8 heteroatoms. The summed E-state index contributed by atoms with van der Waals surface area (Å²) in [7, 11) is 0. The van der Waals surface area contributed by atoms with Crippen LogP contribution in [0.2, 0.25) is 0 Å². The van der Waals surface area contributed by atoms with E-state index in [-0.39, 0.29) is 5.91 Å². The SMILES string of the molecule is O=C(c1cc2ccc(-c3nccc(Nc4ccc(-c5cn[nH]c5)cc4)n3)cc2[nH]1)N1CCC1. The Labute approximate surface area is 189 Å². The van der Waals surface area contributed by atoms with E-state index >= 15 is 0 Å². The van der Waals surface area contributed by atoms with Crippen LogP contribution in [0.1, 0.15) is 16.9 Å². The minimum Gasteiger partial charge on any atom is -0.351 e. The lowest BCUT2D eigenvalue weighted by atomic mass is 10.1. The average Bonchev–Trinajstić information content (AvgIpc) is 3.48. The zero-order valence-corrected chi connectivity index (χ0v) is 17.7. The number of amides is 1. The summed E-state index contributed by atoms with van der Waals surface area (Å²) in [5, 5.41) is 11.2. The Morgan fingerprint density at radius 2 is 1.82 bits per heavy atom. The predicted octanol–water partition coefficient (Wildman–Crippen LogP) is 4.60. The van der Waals surface area contributed by atoms with Crippen molar-refractivity contribution >= 4 is 28.3 Å². The summed E-state index contributed by atoms with van der Waals surface area (Å²) < 4.78 is 0. The summed E-state index contributed by atoms with van der Waals surface area (Å²) >= 11 is 0. The first-order valence-electron chi connectivity index (χ1n) is 10.8. The summed E-state index contributed by atoms with van der Waals surface area (Å²) in [6, 6.07) is 17.8. The molecule has 0 atom stereocenters. The summed E-state index contributed by atoms with van der Waals surface area (Å²) in [6.07, 6.45) is 6.47. The van der Waals surface area contributed by atoms with Gasteiger partial charge in [-0.2, -0.15) is 5.10 Å². The molecule has 0 unspecified atom stereocenters. The number of anilines is 2. The minimum absolute atomic E-state index is 0.0558. The van der Waals surface area contributed by atoms with Crippen molar-refractivity contribution in [3.8, 4) is 22.5 Å². The van der Waals surface area contributed by atoms with Gasteiger partial charge in [0.25, 0.3) is 5.91 Å². The van der Waals surface area contributed by atoms with Gasteiger partial charge < -0.3 is 15.2 Å². The number of fused-ring (bicyclic) bond motifs is 1. The summed E-state index contributed by atoms with van der Waals surface area (Å²) in [4.78, 5) is 26.8. The maximum atomic E-state index is 12.5. The van der Waals surface area contributed by atoms with Gasteiger partial charge in [0.1, 0.15) is 11.5 Å². The molecule has 0 aliphatic carbocycles. The van der Waals surface area contributed by atoms with Crippen LogP contribution in [0.25, 0.3) is 33.4 Å². The highest BCUT2D eigenvalue weighted by atomic mass is 16.2. The highest BCUT2D eigenvalue weighted by Gasteiger charge is 2.23. The maximum Gasteiger partial charge on any atom is 0.270 e. The van der Waals surface area contributed by atoms with Gasteiger partial charge in [-0.3, -0.25) is 9.89 Å². The highest BCUT2D eigenvalue weighted by Crippen LogP contribution is 2.26. The molecule has 8 nitrogen and oxygen atoms in total. The van der Waals surface area contributed by atoms with Crippen LogP contribution in [0.3, 0.4) is 0 Å². The minimum atomic E-state index is 0.0558. The topological polar surface area (TPSA) is 103 Å². The third kappa shape index (κ3) is 3.71. The molecule has 1 aliphatic rings. The predicted molar refractivity (Wildman–Crippen MR) is 127 cm³/mol. The Hall–Kier alpha value is -4.46. The van der Waals surface area contributed by atoms with E-state index in [1.165, 1.54) is 0 Å². The van der Waals surface area contributed by atoms with Crippen molar-refractivity contribution in [1.82, 2.24) is 30.0 Å². The summed E-state index contributed by atoms with van der Waals surface area (Å²) in [5.74, 6) is 1.37. The maximum absolute atomic E-state index is 12.5. The lowest BCUT2D eigenvalue weighted by molar-refractivity contribution is 0.0646. The molecule has 1 aliphatic heterocycles. The van der Waals surface area contributed by atoms with Gasteiger partial charge >= 0.3 is 0 Å². The first kappa shape index (κ1) is 19.2. The van der Waals surface area contributed by atoms with Crippen molar-refractivity contribution in [1.29, 1.82) is 0 Å². The van der Waals surface area contributed by atoms with E-state index in [0.717, 1.165) is 52.8 Å². The number of likely N-dealkylation sites (tertiary alicyclic amines) is 1. The standard InChI is InChI=1S/C25H21N7O/c33-25(32-10-1-11-32)22-12-17-2-3-18(13-21(17)30-22)24-26-9-8-23(31-24)29-20-6-4-16(5-7-20)19-14-27-28-15-19/h2-9,12-15,30H,1,10-11H2,(H,27,28)(H,26,29,31). The third-order valence-corrected chi connectivity index (χ3v) is 5.90. The van der Waals surface area contributed by atoms with Crippen molar-refractivity contribution in [3.05, 3.63) is 78.9 Å². The smallest absolute Gasteiger partial charge is 0.270 e. The molecule has 1 fully saturated rings. The Kier molecular flexibility index (Phi) is 4.61. The quantitative estimate of drug-likeness (QED) is 0.374. The van der Waals surface area contributed by atoms with E-state index in [1.807, 2.05) is 65.7 Å². The number of nitrogens with one attached hydrogen (secondary N) is 3. The van der Waals surface area contributed by atoms with Crippen LogP contribution in [0, 0.1) is 0 Å². The molecular formula is C25H21N7O. The Morgan fingerprint density at radius 3 is 2.58 bits per heavy atom. The molecule has 1 amide bonds. The van der Waals surface area contributed by atoms with Gasteiger partial charge in [0.15, 0.2) is 5.82 Å². The number of carbonyl (C=O) groups is 1. The molecule has 0 radical (unpaired) electrons.